The van der Waals surface area contributed by atoms with Crippen molar-refractivity contribution in [1.82, 2.24) is 0 Å². The van der Waals surface area contributed by atoms with Crippen LogP contribution in [0.1, 0.15) is 37.1 Å². The van der Waals surface area contributed by atoms with Crippen LogP contribution in [0.4, 0.5) is 5.69 Å². The summed E-state index contributed by atoms with van der Waals surface area (Å²) in [6, 6.07) is 8.33. The fourth-order valence-corrected chi connectivity index (χ4v) is 2.87. The summed E-state index contributed by atoms with van der Waals surface area (Å²) in [6.45, 7) is 2.59. The van der Waals surface area contributed by atoms with Crippen LogP contribution in [0.15, 0.2) is 34.9 Å². The molecule has 0 aliphatic heterocycles. The van der Waals surface area contributed by atoms with Gasteiger partial charge in [-0.05, 0) is 38.0 Å². The van der Waals surface area contributed by atoms with E-state index < -0.39 is 0 Å². The molecule has 0 amide bonds. The van der Waals surface area contributed by atoms with Crippen LogP contribution in [0.5, 0.6) is 11.5 Å². The predicted octanol–water partition coefficient (Wildman–Crippen LogP) is 4.18. The van der Waals surface area contributed by atoms with Crippen molar-refractivity contribution in [3.8, 4) is 11.5 Å². The van der Waals surface area contributed by atoms with Gasteiger partial charge < -0.3 is 19.2 Å². The number of ether oxygens (including phenoxy) is 2. The smallest absolute Gasteiger partial charge is 0.163 e. The Bertz CT molecular complexity index is 606. The normalized spacial score (nSPS) is 17.1. The van der Waals surface area contributed by atoms with E-state index in [1.165, 1.54) is 5.56 Å². The van der Waals surface area contributed by atoms with Crippen molar-refractivity contribution in [3.63, 3.8) is 0 Å². The van der Waals surface area contributed by atoms with Gasteiger partial charge >= 0.3 is 0 Å². The molecule has 3 rings (SSSR count). The second kappa shape index (κ2) is 6.12. The molecule has 0 fully saturated rings. The van der Waals surface area contributed by atoms with Gasteiger partial charge in [0.1, 0.15) is 5.76 Å². The number of benzene rings is 1. The number of hydrogen-bond acceptors (Lipinski definition) is 4. The number of rotatable bonds is 5. The first-order valence-corrected chi connectivity index (χ1v) is 7.45. The van der Waals surface area contributed by atoms with E-state index in [9.17, 15) is 0 Å². The number of methoxy groups -OCH3 is 1. The Labute approximate surface area is 125 Å². The van der Waals surface area contributed by atoms with Crippen molar-refractivity contribution in [2.75, 3.05) is 19.0 Å². The Hall–Kier alpha value is -2.10. The number of hydrogen-bond donors (Lipinski definition) is 1. The molecule has 0 radical (unpaired) electrons. The zero-order chi connectivity index (χ0) is 14.7. The molecule has 0 saturated carbocycles. The molecule has 4 nitrogen and oxygen atoms in total. The van der Waals surface area contributed by atoms with Gasteiger partial charge in [-0.1, -0.05) is 0 Å². The Morgan fingerprint density at radius 2 is 2.19 bits per heavy atom. The van der Waals surface area contributed by atoms with Gasteiger partial charge in [0.25, 0.3) is 0 Å². The first-order valence-electron chi connectivity index (χ1n) is 7.45. The lowest BCUT2D eigenvalue weighted by molar-refractivity contribution is 0.311. The van der Waals surface area contributed by atoms with E-state index in [0.717, 1.165) is 42.2 Å². The number of aryl methyl sites for hydroxylation is 1. The third kappa shape index (κ3) is 2.84. The molecule has 1 N–H and O–H groups in total. The van der Waals surface area contributed by atoms with Crippen molar-refractivity contribution in [2.45, 2.75) is 32.2 Å². The van der Waals surface area contributed by atoms with Crippen molar-refractivity contribution in [2.24, 2.45) is 0 Å². The van der Waals surface area contributed by atoms with Crippen molar-refractivity contribution >= 4 is 5.69 Å². The summed E-state index contributed by atoms with van der Waals surface area (Å²) in [6.07, 6.45) is 5.08. The summed E-state index contributed by atoms with van der Waals surface area (Å²) < 4.78 is 16.5. The van der Waals surface area contributed by atoms with Gasteiger partial charge in [-0.2, -0.15) is 0 Å². The average molecular weight is 287 g/mol. The predicted molar refractivity (Wildman–Crippen MR) is 82.2 cm³/mol. The summed E-state index contributed by atoms with van der Waals surface area (Å²) in [5, 5.41) is 3.58. The van der Waals surface area contributed by atoms with Crippen LogP contribution in [0.3, 0.4) is 0 Å². The van der Waals surface area contributed by atoms with Crippen LogP contribution in [0.2, 0.25) is 0 Å². The molecule has 4 heteroatoms. The van der Waals surface area contributed by atoms with Crippen LogP contribution < -0.4 is 14.8 Å². The lowest BCUT2D eigenvalue weighted by atomic mass is 9.93. The van der Waals surface area contributed by atoms with Gasteiger partial charge in [-0.3, -0.25) is 0 Å². The van der Waals surface area contributed by atoms with Crippen molar-refractivity contribution in [3.05, 3.63) is 41.9 Å². The largest absolute Gasteiger partial charge is 0.493 e. The highest BCUT2D eigenvalue weighted by Gasteiger charge is 2.22. The Morgan fingerprint density at radius 3 is 3.00 bits per heavy atom. The molecule has 2 aromatic rings. The molecule has 1 unspecified atom stereocenters. The van der Waals surface area contributed by atoms with Crippen LogP contribution >= 0.6 is 0 Å². The second-order valence-electron chi connectivity index (χ2n) is 5.19. The minimum atomic E-state index is 0.301. The minimum absolute atomic E-state index is 0.301. The summed E-state index contributed by atoms with van der Waals surface area (Å²) in [5.41, 5.74) is 2.31. The molecule has 0 bridgehead atoms. The van der Waals surface area contributed by atoms with Crippen LogP contribution in [0, 0.1) is 0 Å². The highest BCUT2D eigenvalue weighted by atomic mass is 16.5. The molecule has 1 aliphatic carbocycles. The third-order valence-electron chi connectivity index (χ3n) is 3.86. The van der Waals surface area contributed by atoms with Gasteiger partial charge in [-0.15, -0.1) is 0 Å². The SMILES string of the molecule is CCOc1cc(NC2CCCc3occc32)ccc1OC. The number of fused-ring (bicyclic) bond motifs is 1. The number of anilines is 1. The molecular weight excluding hydrogens is 266 g/mol. The fourth-order valence-electron chi connectivity index (χ4n) is 2.87. The molecule has 112 valence electrons. The minimum Gasteiger partial charge on any atom is -0.493 e. The number of nitrogens with one attached hydrogen (secondary N) is 1. The molecule has 1 atom stereocenters. The quantitative estimate of drug-likeness (QED) is 0.896. The topological polar surface area (TPSA) is 43.6 Å². The average Bonchev–Trinajstić information content (AvgIpc) is 2.98. The van der Waals surface area contributed by atoms with Crippen LogP contribution in [0.25, 0.3) is 0 Å². The van der Waals surface area contributed by atoms with E-state index in [1.807, 2.05) is 25.1 Å². The van der Waals surface area contributed by atoms with Crippen molar-refractivity contribution < 1.29 is 13.9 Å². The third-order valence-corrected chi connectivity index (χ3v) is 3.86. The van der Waals surface area contributed by atoms with Gasteiger partial charge in [0.2, 0.25) is 0 Å². The van der Waals surface area contributed by atoms with E-state index >= 15 is 0 Å². The van der Waals surface area contributed by atoms with E-state index in [-0.39, 0.29) is 0 Å². The maximum atomic E-state index is 5.63. The Morgan fingerprint density at radius 1 is 1.29 bits per heavy atom. The van der Waals surface area contributed by atoms with Crippen molar-refractivity contribution in [1.29, 1.82) is 0 Å². The zero-order valence-electron chi connectivity index (χ0n) is 12.5. The summed E-state index contributed by atoms with van der Waals surface area (Å²) in [4.78, 5) is 0. The summed E-state index contributed by atoms with van der Waals surface area (Å²) >= 11 is 0. The first-order chi connectivity index (χ1) is 10.3. The second-order valence-corrected chi connectivity index (χ2v) is 5.19. The Kier molecular flexibility index (Phi) is 4.04. The van der Waals surface area contributed by atoms with Gasteiger partial charge in [0, 0.05) is 23.7 Å². The maximum Gasteiger partial charge on any atom is 0.163 e. The lowest BCUT2D eigenvalue weighted by Crippen LogP contribution is -2.15. The molecule has 1 aromatic carbocycles. The molecule has 0 spiro atoms. The highest BCUT2D eigenvalue weighted by molar-refractivity contribution is 5.56. The number of furan rings is 1. The molecule has 0 saturated heterocycles. The molecule has 1 heterocycles. The van der Waals surface area contributed by atoms with Gasteiger partial charge in [0.05, 0.1) is 26.0 Å². The monoisotopic (exact) mass is 287 g/mol. The standard InChI is InChI=1S/C17H21NO3/c1-3-20-17-11-12(7-8-16(17)19-2)18-14-5-4-6-15-13(14)9-10-21-15/h7-11,14,18H,3-6H2,1-2H3. The molecular formula is C17H21NO3. The van der Waals surface area contributed by atoms with Gasteiger partial charge in [-0.25, -0.2) is 0 Å². The summed E-state index contributed by atoms with van der Waals surface area (Å²) in [7, 11) is 1.66. The highest BCUT2D eigenvalue weighted by Crippen LogP contribution is 2.36. The maximum absolute atomic E-state index is 5.63. The zero-order valence-corrected chi connectivity index (χ0v) is 12.5. The van der Waals surface area contributed by atoms with E-state index in [4.69, 9.17) is 13.9 Å². The Balaban J connectivity index is 1.81. The first kappa shape index (κ1) is 13.9. The molecule has 1 aliphatic rings. The van der Waals surface area contributed by atoms with E-state index in [2.05, 4.69) is 11.4 Å². The molecule has 1 aromatic heterocycles. The van der Waals surface area contributed by atoms with Crippen LogP contribution in [-0.2, 0) is 6.42 Å². The molecule has 21 heavy (non-hydrogen) atoms. The van der Waals surface area contributed by atoms with Gasteiger partial charge in [0.15, 0.2) is 11.5 Å². The van der Waals surface area contributed by atoms with E-state index in [1.54, 1.807) is 13.4 Å². The lowest BCUT2D eigenvalue weighted by Gasteiger charge is -2.24. The summed E-state index contributed by atoms with van der Waals surface area (Å²) in [5.74, 6) is 2.64. The van der Waals surface area contributed by atoms with E-state index in [0.29, 0.717) is 12.6 Å². The fraction of sp³-hybridized carbons (Fsp3) is 0.412. The van der Waals surface area contributed by atoms with Crippen LogP contribution in [-0.4, -0.2) is 13.7 Å².